The molecule has 0 bridgehead atoms. The van der Waals surface area contributed by atoms with Gasteiger partial charge in [-0.25, -0.2) is 9.59 Å². The zero-order valence-corrected chi connectivity index (χ0v) is 11.9. The summed E-state index contributed by atoms with van der Waals surface area (Å²) < 4.78 is 0. The molecule has 0 spiro atoms. The molecule has 0 saturated heterocycles. The minimum atomic E-state index is -1.08. The van der Waals surface area contributed by atoms with Crippen molar-refractivity contribution >= 4 is 29.3 Å². The van der Waals surface area contributed by atoms with Crippen LogP contribution in [0, 0.1) is 5.92 Å². The Morgan fingerprint density at radius 1 is 1.40 bits per heavy atom. The fraction of sp³-hybridized carbons (Fsp3) is 0.429. The van der Waals surface area contributed by atoms with Crippen molar-refractivity contribution in [1.82, 2.24) is 5.32 Å². The molecule has 2 amide bonds. The summed E-state index contributed by atoms with van der Waals surface area (Å²) in [5.41, 5.74) is 0.420. The Hall–Kier alpha value is -1.75. The number of carboxylic acid groups (broad SMARTS) is 1. The van der Waals surface area contributed by atoms with Gasteiger partial charge < -0.3 is 15.7 Å². The van der Waals surface area contributed by atoms with Crippen LogP contribution in [0.1, 0.15) is 36.5 Å². The first-order valence-electron chi connectivity index (χ1n) is 6.61. The Morgan fingerprint density at radius 2 is 2.15 bits per heavy atom. The van der Waals surface area contributed by atoms with Crippen LogP contribution in [0.25, 0.3) is 0 Å². The SMILES string of the molecule is CCCC1CC1NC(=O)Nc1cc(Cl)cc(C(=O)O)c1. The highest BCUT2D eigenvalue weighted by molar-refractivity contribution is 6.31. The summed E-state index contributed by atoms with van der Waals surface area (Å²) in [6.07, 6.45) is 3.24. The summed E-state index contributed by atoms with van der Waals surface area (Å²) >= 11 is 5.82. The van der Waals surface area contributed by atoms with Crippen molar-refractivity contribution in [2.75, 3.05) is 5.32 Å². The first-order valence-corrected chi connectivity index (χ1v) is 6.98. The molecule has 0 aromatic heterocycles. The molecule has 1 aromatic rings. The molecule has 3 N–H and O–H groups in total. The van der Waals surface area contributed by atoms with E-state index in [4.69, 9.17) is 16.7 Å². The lowest BCUT2D eigenvalue weighted by Crippen LogP contribution is -2.31. The third-order valence-electron chi connectivity index (χ3n) is 3.30. The number of urea groups is 1. The number of rotatable bonds is 5. The van der Waals surface area contributed by atoms with Crippen LogP contribution < -0.4 is 10.6 Å². The molecule has 1 aliphatic rings. The summed E-state index contributed by atoms with van der Waals surface area (Å²) in [7, 11) is 0. The second kappa shape index (κ2) is 6.13. The Kier molecular flexibility index (Phi) is 4.49. The van der Waals surface area contributed by atoms with Gasteiger partial charge in [0.1, 0.15) is 0 Å². The molecule has 2 atom stereocenters. The van der Waals surface area contributed by atoms with Crippen molar-refractivity contribution in [2.24, 2.45) is 5.92 Å². The number of carboxylic acids is 1. The molecule has 0 aliphatic heterocycles. The number of halogens is 1. The topological polar surface area (TPSA) is 78.4 Å². The van der Waals surface area contributed by atoms with E-state index in [-0.39, 0.29) is 22.7 Å². The van der Waals surface area contributed by atoms with E-state index < -0.39 is 5.97 Å². The second-order valence-electron chi connectivity index (χ2n) is 5.02. The van der Waals surface area contributed by atoms with Crippen LogP contribution >= 0.6 is 11.6 Å². The number of carbonyl (C=O) groups excluding carboxylic acids is 1. The van der Waals surface area contributed by atoms with Crippen molar-refractivity contribution in [3.8, 4) is 0 Å². The normalized spacial score (nSPS) is 20.3. The molecular formula is C14H17ClN2O3. The maximum Gasteiger partial charge on any atom is 0.335 e. The summed E-state index contributed by atoms with van der Waals surface area (Å²) in [5, 5.41) is 14.7. The van der Waals surface area contributed by atoms with Crippen molar-refractivity contribution in [3.05, 3.63) is 28.8 Å². The zero-order valence-electron chi connectivity index (χ0n) is 11.1. The summed E-state index contributed by atoms with van der Waals surface area (Å²) in [6.45, 7) is 2.12. The highest BCUT2D eigenvalue weighted by Gasteiger charge is 2.37. The van der Waals surface area contributed by atoms with Gasteiger partial charge in [0.05, 0.1) is 5.56 Å². The third-order valence-corrected chi connectivity index (χ3v) is 3.52. The molecule has 2 unspecified atom stereocenters. The summed E-state index contributed by atoms with van der Waals surface area (Å²) in [4.78, 5) is 22.7. The fourth-order valence-electron chi connectivity index (χ4n) is 2.24. The van der Waals surface area contributed by atoms with Gasteiger partial charge >= 0.3 is 12.0 Å². The molecule has 5 nitrogen and oxygen atoms in total. The molecule has 6 heteroatoms. The van der Waals surface area contributed by atoms with E-state index in [0.717, 1.165) is 19.3 Å². The highest BCUT2D eigenvalue weighted by Crippen LogP contribution is 2.34. The predicted octanol–water partition coefficient (Wildman–Crippen LogP) is 3.35. The highest BCUT2D eigenvalue weighted by atomic mass is 35.5. The van der Waals surface area contributed by atoms with Crippen molar-refractivity contribution in [3.63, 3.8) is 0 Å². The molecular weight excluding hydrogens is 280 g/mol. The van der Waals surface area contributed by atoms with E-state index in [1.165, 1.54) is 18.2 Å². The average Bonchev–Trinajstić information content (AvgIpc) is 3.06. The Bertz CT molecular complexity index is 533. The molecule has 2 rings (SSSR count). The van der Waals surface area contributed by atoms with Gasteiger partial charge in [-0.2, -0.15) is 0 Å². The standard InChI is InChI=1S/C14H17ClN2O3/c1-2-3-8-6-12(8)17-14(20)16-11-5-9(13(18)19)4-10(15)7-11/h4-5,7-8,12H,2-3,6H2,1H3,(H,18,19)(H2,16,17,20). The van der Waals surface area contributed by atoms with E-state index in [9.17, 15) is 9.59 Å². The van der Waals surface area contributed by atoms with Gasteiger partial charge in [0.15, 0.2) is 0 Å². The van der Waals surface area contributed by atoms with E-state index in [2.05, 4.69) is 17.6 Å². The van der Waals surface area contributed by atoms with Crippen molar-refractivity contribution < 1.29 is 14.7 Å². The fourth-order valence-corrected chi connectivity index (χ4v) is 2.47. The first kappa shape index (κ1) is 14.7. The van der Waals surface area contributed by atoms with E-state index in [1.54, 1.807) is 0 Å². The quantitative estimate of drug-likeness (QED) is 0.779. The number of hydrogen-bond acceptors (Lipinski definition) is 2. The van der Waals surface area contributed by atoms with Crippen LogP contribution in [0.15, 0.2) is 18.2 Å². The number of amides is 2. The molecule has 1 aliphatic carbocycles. The lowest BCUT2D eigenvalue weighted by molar-refractivity contribution is 0.0697. The van der Waals surface area contributed by atoms with Gasteiger partial charge in [-0.3, -0.25) is 0 Å². The average molecular weight is 297 g/mol. The van der Waals surface area contributed by atoms with E-state index in [1.807, 2.05) is 0 Å². The van der Waals surface area contributed by atoms with Crippen molar-refractivity contribution in [2.45, 2.75) is 32.2 Å². The van der Waals surface area contributed by atoms with Crippen molar-refractivity contribution in [1.29, 1.82) is 0 Å². The molecule has 1 aromatic carbocycles. The van der Waals surface area contributed by atoms with Gasteiger partial charge in [0, 0.05) is 16.8 Å². The second-order valence-corrected chi connectivity index (χ2v) is 5.46. The van der Waals surface area contributed by atoms with Crippen LogP contribution in [0.4, 0.5) is 10.5 Å². The van der Waals surface area contributed by atoms with Crippen LogP contribution in [0.5, 0.6) is 0 Å². The maximum atomic E-state index is 11.8. The molecule has 20 heavy (non-hydrogen) atoms. The largest absolute Gasteiger partial charge is 0.478 e. The van der Waals surface area contributed by atoms with Crippen LogP contribution in [0.3, 0.4) is 0 Å². The molecule has 1 saturated carbocycles. The van der Waals surface area contributed by atoms with E-state index >= 15 is 0 Å². The smallest absolute Gasteiger partial charge is 0.335 e. The summed E-state index contributed by atoms with van der Waals surface area (Å²) in [6, 6.07) is 4.14. The number of anilines is 1. The number of carbonyl (C=O) groups is 2. The van der Waals surface area contributed by atoms with Gasteiger partial charge in [-0.1, -0.05) is 24.9 Å². The minimum Gasteiger partial charge on any atom is -0.478 e. The number of aromatic carboxylic acids is 1. The van der Waals surface area contributed by atoms with Crippen LogP contribution in [-0.2, 0) is 0 Å². The minimum absolute atomic E-state index is 0.0445. The Labute approximate surface area is 122 Å². The predicted molar refractivity (Wildman–Crippen MR) is 77.4 cm³/mol. The number of benzene rings is 1. The number of nitrogens with one attached hydrogen (secondary N) is 2. The molecule has 0 heterocycles. The zero-order chi connectivity index (χ0) is 14.7. The third kappa shape index (κ3) is 3.87. The summed E-state index contributed by atoms with van der Waals surface area (Å²) in [5.74, 6) is -0.513. The molecule has 0 radical (unpaired) electrons. The van der Waals surface area contributed by atoms with Gasteiger partial charge in [-0.15, -0.1) is 0 Å². The van der Waals surface area contributed by atoms with Gasteiger partial charge in [0.2, 0.25) is 0 Å². The first-order chi connectivity index (χ1) is 9.49. The lowest BCUT2D eigenvalue weighted by atomic mass is 10.2. The number of hydrogen-bond donors (Lipinski definition) is 3. The Balaban J connectivity index is 1.93. The lowest BCUT2D eigenvalue weighted by Gasteiger charge is -2.08. The maximum absolute atomic E-state index is 11.8. The van der Waals surface area contributed by atoms with Crippen LogP contribution in [-0.4, -0.2) is 23.1 Å². The van der Waals surface area contributed by atoms with Crippen LogP contribution in [0.2, 0.25) is 5.02 Å². The Morgan fingerprint density at radius 3 is 2.80 bits per heavy atom. The van der Waals surface area contributed by atoms with Gasteiger partial charge in [0.25, 0.3) is 0 Å². The van der Waals surface area contributed by atoms with E-state index in [0.29, 0.717) is 11.6 Å². The van der Waals surface area contributed by atoms with Gasteiger partial charge in [-0.05, 0) is 37.0 Å². The molecule has 1 fully saturated rings. The monoisotopic (exact) mass is 296 g/mol. The molecule has 108 valence electrons.